The molecule has 2 nitrogen and oxygen atoms in total. The summed E-state index contributed by atoms with van der Waals surface area (Å²) >= 11 is 3.78. The Balaban J connectivity index is 2.04. The lowest BCUT2D eigenvalue weighted by molar-refractivity contribution is 0.257. The fraction of sp³-hybridized carbons (Fsp3) is 1.00. The molecule has 0 heterocycles. The number of rotatable bonds is 10. The summed E-state index contributed by atoms with van der Waals surface area (Å²) in [6.07, 6.45) is 8.33. The predicted molar refractivity (Wildman–Crippen MR) is 83.5 cm³/mol. The summed E-state index contributed by atoms with van der Waals surface area (Å²) in [7, 11) is 0. The molecule has 0 amide bonds. The van der Waals surface area contributed by atoms with Gasteiger partial charge in [0.2, 0.25) is 0 Å². The van der Waals surface area contributed by atoms with Gasteiger partial charge in [0.05, 0.1) is 13.2 Å². The van der Waals surface area contributed by atoms with Gasteiger partial charge in [-0.25, -0.2) is 0 Å². The number of hydrogen-bond acceptors (Lipinski definition) is 4. The first-order chi connectivity index (χ1) is 8.86. The van der Waals surface area contributed by atoms with Crippen LogP contribution < -0.4 is 0 Å². The first kappa shape index (κ1) is 16.7. The van der Waals surface area contributed by atoms with Crippen molar-refractivity contribution in [2.24, 2.45) is 11.8 Å². The van der Waals surface area contributed by atoms with E-state index in [1.165, 1.54) is 50.0 Å². The van der Waals surface area contributed by atoms with Gasteiger partial charge in [0, 0.05) is 11.5 Å². The van der Waals surface area contributed by atoms with Gasteiger partial charge < -0.3 is 10.2 Å². The predicted octanol–water partition coefficient (Wildman–Crippen LogP) is 3.02. The Kier molecular flexibility index (Phi) is 10.6. The fourth-order valence-corrected chi connectivity index (χ4v) is 4.43. The fourth-order valence-electron chi connectivity index (χ4n) is 2.76. The van der Waals surface area contributed by atoms with Crippen molar-refractivity contribution in [3.8, 4) is 0 Å². The Morgan fingerprint density at radius 1 is 0.778 bits per heavy atom. The van der Waals surface area contributed by atoms with E-state index in [4.69, 9.17) is 10.2 Å². The van der Waals surface area contributed by atoms with Crippen molar-refractivity contribution in [3.05, 3.63) is 0 Å². The maximum Gasteiger partial charge on any atom is 0.0521 e. The molecule has 2 atom stereocenters. The highest BCUT2D eigenvalue weighted by Crippen LogP contribution is 2.34. The SMILES string of the molecule is OCCSCCC1CCCC(CCSCCO)C1. The van der Waals surface area contributed by atoms with Gasteiger partial charge in [-0.15, -0.1) is 0 Å². The molecule has 1 rings (SSSR count). The number of aliphatic hydroxyl groups is 2. The first-order valence-electron chi connectivity index (χ1n) is 7.24. The van der Waals surface area contributed by atoms with Crippen LogP contribution in [0.5, 0.6) is 0 Å². The van der Waals surface area contributed by atoms with Crippen molar-refractivity contribution in [3.63, 3.8) is 0 Å². The molecule has 0 spiro atoms. The van der Waals surface area contributed by atoms with E-state index in [9.17, 15) is 0 Å². The van der Waals surface area contributed by atoms with Gasteiger partial charge in [0.1, 0.15) is 0 Å². The summed E-state index contributed by atoms with van der Waals surface area (Å²) in [5, 5.41) is 17.5. The molecule has 18 heavy (non-hydrogen) atoms. The molecule has 1 aliphatic carbocycles. The summed E-state index contributed by atoms with van der Waals surface area (Å²) in [5.74, 6) is 6.09. The minimum absolute atomic E-state index is 0.319. The van der Waals surface area contributed by atoms with E-state index in [1.807, 2.05) is 23.5 Å². The normalized spacial score (nSPS) is 24.3. The van der Waals surface area contributed by atoms with Gasteiger partial charge in [-0.05, 0) is 42.6 Å². The Labute approximate surface area is 120 Å². The van der Waals surface area contributed by atoms with Gasteiger partial charge >= 0.3 is 0 Å². The quantitative estimate of drug-likeness (QED) is 0.607. The molecule has 0 radical (unpaired) electrons. The molecular formula is C14H28O2S2. The van der Waals surface area contributed by atoms with Gasteiger partial charge in [-0.2, -0.15) is 23.5 Å². The molecule has 2 N–H and O–H groups in total. The molecule has 2 unspecified atom stereocenters. The van der Waals surface area contributed by atoms with Crippen LogP contribution in [0.3, 0.4) is 0 Å². The van der Waals surface area contributed by atoms with E-state index in [0.29, 0.717) is 13.2 Å². The maximum atomic E-state index is 8.75. The van der Waals surface area contributed by atoms with Crippen LogP contribution in [-0.2, 0) is 0 Å². The second-order valence-corrected chi connectivity index (χ2v) is 7.60. The van der Waals surface area contributed by atoms with E-state index in [0.717, 1.165) is 23.3 Å². The third-order valence-corrected chi connectivity index (χ3v) is 5.69. The van der Waals surface area contributed by atoms with Crippen LogP contribution in [-0.4, -0.2) is 46.4 Å². The number of aliphatic hydroxyl groups excluding tert-OH is 2. The lowest BCUT2D eigenvalue weighted by Gasteiger charge is -2.29. The zero-order valence-corrected chi connectivity index (χ0v) is 13.0. The van der Waals surface area contributed by atoms with Crippen molar-refractivity contribution in [2.75, 3.05) is 36.2 Å². The smallest absolute Gasteiger partial charge is 0.0521 e. The summed E-state index contributed by atoms with van der Waals surface area (Å²) in [6.45, 7) is 0.639. The van der Waals surface area contributed by atoms with Crippen molar-refractivity contribution < 1.29 is 10.2 Å². The highest BCUT2D eigenvalue weighted by atomic mass is 32.2. The molecule has 0 aromatic rings. The zero-order chi connectivity index (χ0) is 13.1. The summed E-state index contributed by atoms with van der Waals surface area (Å²) in [5.41, 5.74) is 0. The average molecular weight is 293 g/mol. The second-order valence-electron chi connectivity index (χ2n) is 5.15. The molecule has 1 aliphatic rings. The number of thioether (sulfide) groups is 2. The van der Waals surface area contributed by atoms with Crippen molar-refractivity contribution >= 4 is 23.5 Å². The largest absolute Gasteiger partial charge is 0.396 e. The minimum Gasteiger partial charge on any atom is -0.396 e. The molecule has 1 fully saturated rings. The van der Waals surface area contributed by atoms with Crippen LogP contribution in [0.25, 0.3) is 0 Å². The molecule has 0 saturated heterocycles. The van der Waals surface area contributed by atoms with Gasteiger partial charge in [-0.3, -0.25) is 0 Å². The van der Waals surface area contributed by atoms with Crippen LogP contribution in [0.4, 0.5) is 0 Å². The van der Waals surface area contributed by atoms with Gasteiger partial charge in [0.15, 0.2) is 0 Å². The third-order valence-electron chi connectivity index (χ3n) is 3.70. The van der Waals surface area contributed by atoms with E-state index >= 15 is 0 Å². The van der Waals surface area contributed by atoms with E-state index < -0.39 is 0 Å². The standard InChI is InChI=1S/C14H28O2S2/c15-6-10-17-8-4-13-2-1-3-14(12-13)5-9-18-11-7-16/h13-16H,1-12H2. The van der Waals surface area contributed by atoms with Crippen molar-refractivity contribution in [1.29, 1.82) is 0 Å². The summed E-state index contributed by atoms with van der Waals surface area (Å²) in [6, 6.07) is 0. The molecule has 0 aliphatic heterocycles. The van der Waals surface area contributed by atoms with Crippen LogP contribution >= 0.6 is 23.5 Å². The monoisotopic (exact) mass is 292 g/mol. The average Bonchev–Trinajstić information content (AvgIpc) is 2.40. The molecule has 108 valence electrons. The minimum atomic E-state index is 0.319. The van der Waals surface area contributed by atoms with E-state index in [1.54, 1.807) is 0 Å². The number of hydrogen-bond donors (Lipinski definition) is 2. The molecule has 0 bridgehead atoms. The summed E-state index contributed by atoms with van der Waals surface area (Å²) < 4.78 is 0. The van der Waals surface area contributed by atoms with Crippen molar-refractivity contribution in [2.45, 2.75) is 38.5 Å². The molecule has 4 heteroatoms. The molecule has 1 saturated carbocycles. The van der Waals surface area contributed by atoms with E-state index in [2.05, 4.69) is 0 Å². The van der Waals surface area contributed by atoms with Crippen molar-refractivity contribution in [1.82, 2.24) is 0 Å². The lowest BCUT2D eigenvalue weighted by atomic mass is 9.79. The highest BCUT2D eigenvalue weighted by Gasteiger charge is 2.21. The topological polar surface area (TPSA) is 40.5 Å². The lowest BCUT2D eigenvalue weighted by Crippen LogP contribution is -2.17. The Morgan fingerprint density at radius 3 is 1.72 bits per heavy atom. The zero-order valence-electron chi connectivity index (χ0n) is 11.4. The summed E-state index contributed by atoms with van der Waals surface area (Å²) in [4.78, 5) is 0. The van der Waals surface area contributed by atoms with Gasteiger partial charge in [-0.1, -0.05) is 19.3 Å². The van der Waals surface area contributed by atoms with Gasteiger partial charge in [0.25, 0.3) is 0 Å². The molecular weight excluding hydrogens is 264 g/mol. The Bertz CT molecular complexity index is 173. The molecule has 0 aromatic heterocycles. The Hall–Kier alpha value is 0.620. The van der Waals surface area contributed by atoms with E-state index in [-0.39, 0.29) is 0 Å². The van der Waals surface area contributed by atoms with Crippen LogP contribution in [0.1, 0.15) is 38.5 Å². The third kappa shape index (κ3) is 7.93. The van der Waals surface area contributed by atoms with Crippen LogP contribution in [0.2, 0.25) is 0 Å². The maximum absolute atomic E-state index is 8.75. The second kappa shape index (κ2) is 11.4. The van der Waals surface area contributed by atoms with Crippen LogP contribution in [0.15, 0.2) is 0 Å². The first-order valence-corrected chi connectivity index (χ1v) is 9.55. The molecule has 0 aromatic carbocycles. The Morgan fingerprint density at radius 2 is 1.28 bits per heavy atom. The van der Waals surface area contributed by atoms with Crippen LogP contribution in [0, 0.1) is 11.8 Å². The highest BCUT2D eigenvalue weighted by molar-refractivity contribution is 7.99.